The summed E-state index contributed by atoms with van der Waals surface area (Å²) < 4.78 is 7.02. The van der Waals surface area contributed by atoms with Crippen molar-refractivity contribution >= 4 is 57.1 Å². The van der Waals surface area contributed by atoms with Crippen LogP contribution in [0.3, 0.4) is 0 Å². The van der Waals surface area contributed by atoms with Gasteiger partial charge >= 0.3 is 0 Å². The van der Waals surface area contributed by atoms with Gasteiger partial charge in [0.2, 0.25) is 11.8 Å². The SMILES string of the molecule is O=C1C2CC2C(=O)N1Cc1cc2nccc(-c3cc(Cl)cc4c3N([C@H]3CNC(CO)(CO)C3)CCO4)c2s1.O=CO. The fourth-order valence-corrected chi connectivity index (χ4v) is 7.54. The second-order valence-corrected chi connectivity index (χ2v) is 12.4. The smallest absolute Gasteiger partial charge is 0.290 e. The summed E-state index contributed by atoms with van der Waals surface area (Å²) in [5, 5.41) is 30.6. The van der Waals surface area contributed by atoms with Crippen LogP contribution in [-0.2, 0) is 20.9 Å². The highest BCUT2D eigenvalue weighted by Gasteiger charge is 2.58. The van der Waals surface area contributed by atoms with Crippen LogP contribution in [0.1, 0.15) is 17.7 Å². The molecule has 3 aromatic rings. The number of carbonyl (C=O) groups is 3. The quantitative estimate of drug-likeness (QED) is 0.244. The number of hydrogen-bond donors (Lipinski definition) is 4. The number of thiophene rings is 1. The maximum atomic E-state index is 12.5. The molecule has 11 nitrogen and oxygen atoms in total. The number of nitrogens with one attached hydrogen (secondary N) is 1. The van der Waals surface area contributed by atoms with Gasteiger partial charge in [0.15, 0.2) is 0 Å². The van der Waals surface area contributed by atoms with Crippen molar-refractivity contribution in [2.75, 3.05) is 37.8 Å². The molecule has 4 aliphatic rings. The molecule has 2 unspecified atom stereocenters. The predicted octanol–water partition coefficient (Wildman–Crippen LogP) is 2.11. The molecule has 3 fully saturated rings. The number of carboxylic acid groups (broad SMARTS) is 1. The average molecular weight is 601 g/mol. The van der Waals surface area contributed by atoms with Gasteiger partial charge in [-0.05, 0) is 31.0 Å². The van der Waals surface area contributed by atoms with Crippen molar-refractivity contribution in [3.8, 4) is 16.9 Å². The standard InChI is InChI=1S/C27H27ClN4O5S.CH2O2/c28-14-5-18(23-22(6-14)37-4-3-31(23)15-9-27(12-33,13-34)30-10-15)17-1-2-29-21-7-16(38-24(17)21)11-32-25(35)19-8-20(19)26(32)36;2-1-3/h1-2,5-7,15,19-20,30,33-34H,3-4,8-13H2;1H,(H,2,3)/t15-,19?,20?;/m1./s1. The molecular weight excluding hydrogens is 572 g/mol. The second-order valence-electron chi connectivity index (χ2n) is 10.8. The number of rotatable bonds is 6. The van der Waals surface area contributed by atoms with Crippen LogP contribution in [0.2, 0.25) is 5.02 Å². The van der Waals surface area contributed by atoms with Crippen LogP contribution in [0.15, 0.2) is 30.5 Å². The molecule has 2 aromatic heterocycles. The molecule has 3 aliphatic heterocycles. The van der Waals surface area contributed by atoms with E-state index in [2.05, 4.69) is 15.2 Å². The first-order valence-corrected chi connectivity index (χ1v) is 14.5. The van der Waals surface area contributed by atoms with Crippen LogP contribution in [0.5, 0.6) is 5.75 Å². The Balaban J connectivity index is 0.000000967. The number of anilines is 1. The lowest BCUT2D eigenvalue weighted by atomic mass is 9.95. The lowest BCUT2D eigenvalue weighted by molar-refractivity contribution is -0.142. The van der Waals surface area contributed by atoms with E-state index in [1.807, 2.05) is 24.3 Å². The Hall–Kier alpha value is -3.29. The van der Waals surface area contributed by atoms with Crippen LogP contribution in [0.4, 0.5) is 5.69 Å². The van der Waals surface area contributed by atoms with E-state index in [4.69, 9.17) is 26.2 Å². The Labute approximate surface area is 244 Å². The maximum absolute atomic E-state index is 12.5. The summed E-state index contributed by atoms with van der Waals surface area (Å²) in [6, 6.07) is 7.73. The van der Waals surface area contributed by atoms with E-state index in [0.717, 1.165) is 31.9 Å². The minimum absolute atomic E-state index is 0.0479. The number of halogens is 1. The molecule has 41 heavy (non-hydrogen) atoms. The predicted molar refractivity (Wildman–Crippen MR) is 152 cm³/mol. The number of likely N-dealkylation sites (tertiary alicyclic amines) is 1. The molecule has 216 valence electrons. The number of nitrogens with zero attached hydrogens (tertiary/aromatic N) is 3. The molecule has 13 heteroatoms. The van der Waals surface area contributed by atoms with Gasteiger partial charge in [0.05, 0.1) is 59.6 Å². The summed E-state index contributed by atoms with van der Waals surface area (Å²) >= 11 is 8.11. The van der Waals surface area contributed by atoms with Gasteiger partial charge in [-0.2, -0.15) is 0 Å². The van der Waals surface area contributed by atoms with Gasteiger partial charge in [-0.25, -0.2) is 0 Å². The number of piperidine rings is 1. The number of carbonyl (C=O) groups excluding carboxylic acids is 2. The molecule has 0 spiro atoms. The van der Waals surface area contributed by atoms with E-state index in [0.29, 0.717) is 43.3 Å². The van der Waals surface area contributed by atoms with Gasteiger partial charge < -0.3 is 30.3 Å². The Morgan fingerprint density at radius 3 is 2.59 bits per heavy atom. The Morgan fingerprint density at radius 1 is 1.17 bits per heavy atom. The molecule has 1 aromatic carbocycles. The van der Waals surface area contributed by atoms with Crippen LogP contribution < -0.4 is 15.0 Å². The number of aliphatic hydroxyl groups excluding tert-OH is 2. The summed E-state index contributed by atoms with van der Waals surface area (Å²) in [6.45, 7) is 1.52. The summed E-state index contributed by atoms with van der Waals surface area (Å²) in [5.74, 6) is 0.340. The van der Waals surface area contributed by atoms with Gasteiger partial charge in [-0.1, -0.05) is 11.6 Å². The highest BCUT2D eigenvalue weighted by Crippen LogP contribution is 2.49. The van der Waals surface area contributed by atoms with Crippen molar-refractivity contribution < 1.29 is 34.4 Å². The van der Waals surface area contributed by atoms with E-state index >= 15 is 0 Å². The largest absolute Gasteiger partial charge is 0.489 e. The van der Waals surface area contributed by atoms with Crippen molar-refractivity contribution in [1.29, 1.82) is 0 Å². The highest BCUT2D eigenvalue weighted by atomic mass is 35.5. The third kappa shape index (κ3) is 4.83. The number of pyridine rings is 1. The molecule has 2 amide bonds. The van der Waals surface area contributed by atoms with E-state index in [-0.39, 0.29) is 55.9 Å². The zero-order valence-electron chi connectivity index (χ0n) is 22.0. The normalized spacial score (nSPS) is 24.0. The number of ether oxygens (including phenoxy) is 1. The number of amides is 2. The van der Waals surface area contributed by atoms with E-state index in [9.17, 15) is 19.8 Å². The van der Waals surface area contributed by atoms with Crippen molar-refractivity contribution in [2.45, 2.75) is 31.0 Å². The van der Waals surface area contributed by atoms with Gasteiger partial charge in [-0.15, -0.1) is 11.3 Å². The van der Waals surface area contributed by atoms with Crippen LogP contribution in [-0.4, -0.2) is 88.0 Å². The molecule has 7 rings (SSSR count). The lowest BCUT2D eigenvalue weighted by Crippen LogP contribution is -2.47. The van der Waals surface area contributed by atoms with Crippen LogP contribution in [0.25, 0.3) is 21.3 Å². The summed E-state index contributed by atoms with van der Waals surface area (Å²) in [4.78, 5) is 42.6. The highest BCUT2D eigenvalue weighted by molar-refractivity contribution is 7.19. The molecule has 1 aliphatic carbocycles. The topological polar surface area (TPSA) is 153 Å². The molecule has 2 saturated heterocycles. The Morgan fingerprint density at radius 2 is 1.90 bits per heavy atom. The van der Waals surface area contributed by atoms with Gasteiger partial charge in [0, 0.05) is 45.9 Å². The number of aliphatic hydroxyl groups is 2. The Kier molecular flexibility index (Phi) is 7.37. The van der Waals surface area contributed by atoms with E-state index in [1.54, 1.807) is 6.20 Å². The van der Waals surface area contributed by atoms with Crippen molar-refractivity contribution in [3.63, 3.8) is 0 Å². The van der Waals surface area contributed by atoms with Gasteiger partial charge in [0.25, 0.3) is 6.47 Å². The molecule has 3 atom stereocenters. The molecule has 4 N–H and O–H groups in total. The molecule has 0 radical (unpaired) electrons. The fourth-order valence-electron chi connectivity index (χ4n) is 6.20. The fraction of sp³-hybridized carbons (Fsp3) is 0.429. The molecule has 0 bridgehead atoms. The summed E-state index contributed by atoms with van der Waals surface area (Å²) in [6.07, 6.45) is 3.05. The number of aromatic nitrogens is 1. The zero-order chi connectivity index (χ0) is 28.9. The van der Waals surface area contributed by atoms with Crippen molar-refractivity contribution in [2.24, 2.45) is 11.8 Å². The number of benzene rings is 1. The molecule has 1 saturated carbocycles. The maximum Gasteiger partial charge on any atom is 0.290 e. The second kappa shape index (κ2) is 10.8. The van der Waals surface area contributed by atoms with Crippen molar-refractivity contribution in [1.82, 2.24) is 15.2 Å². The number of hydrogen-bond acceptors (Lipinski definition) is 10. The number of fused-ring (bicyclic) bond motifs is 3. The first-order valence-electron chi connectivity index (χ1n) is 13.3. The van der Waals surface area contributed by atoms with Crippen molar-refractivity contribution in [3.05, 3.63) is 40.4 Å². The minimum Gasteiger partial charge on any atom is -0.489 e. The first kappa shape index (κ1) is 27.9. The zero-order valence-corrected chi connectivity index (χ0v) is 23.5. The summed E-state index contributed by atoms with van der Waals surface area (Å²) in [7, 11) is 0. The monoisotopic (exact) mass is 600 g/mol. The molecule has 5 heterocycles. The van der Waals surface area contributed by atoms with Crippen LogP contribution in [0, 0.1) is 11.8 Å². The van der Waals surface area contributed by atoms with E-state index in [1.165, 1.54) is 16.2 Å². The first-order chi connectivity index (χ1) is 19.8. The Bertz CT molecular complexity index is 1510. The minimum atomic E-state index is -0.715. The average Bonchev–Trinajstić information content (AvgIpc) is 3.38. The van der Waals surface area contributed by atoms with Crippen LogP contribution >= 0.6 is 22.9 Å². The van der Waals surface area contributed by atoms with Gasteiger partial charge in [-0.3, -0.25) is 24.3 Å². The number of imide groups is 1. The van der Waals surface area contributed by atoms with Gasteiger partial charge in [0.1, 0.15) is 12.4 Å². The molecular formula is C28H29ClN4O7S. The third-order valence-electron chi connectivity index (χ3n) is 8.33. The summed E-state index contributed by atoms with van der Waals surface area (Å²) in [5.41, 5.74) is 2.86. The third-order valence-corrected chi connectivity index (χ3v) is 9.69. The lowest BCUT2D eigenvalue weighted by Gasteiger charge is -2.38. The van der Waals surface area contributed by atoms with E-state index < -0.39 is 5.54 Å².